The van der Waals surface area contributed by atoms with Gasteiger partial charge < -0.3 is 16.0 Å². The Morgan fingerprint density at radius 3 is 2.70 bits per heavy atom. The molecule has 110 valence electrons. The first-order valence-electron chi connectivity index (χ1n) is 7.40. The third-order valence-electron chi connectivity index (χ3n) is 3.82. The van der Waals surface area contributed by atoms with Gasteiger partial charge in [0.05, 0.1) is 5.56 Å². The molecule has 3 N–H and O–H groups in total. The van der Waals surface area contributed by atoms with E-state index in [1.54, 1.807) is 12.3 Å². The standard InChI is InChI=1S/C15H24N4O/c1-12-6-7-17-15(13(12)14(16)20)18-8-11-19-9-4-2-3-5-10-19/h6-7H,2-5,8-11H2,1H3,(H2,16,20)(H,17,18). The van der Waals surface area contributed by atoms with Gasteiger partial charge in [0.15, 0.2) is 0 Å². The molecule has 1 aromatic rings. The Balaban J connectivity index is 1.90. The highest BCUT2D eigenvalue weighted by molar-refractivity contribution is 5.98. The summed E-state index contributed by atoms with van der Waals surface area (Å²) < 4.78 is 0. The van der Waals surface area contributed by atoms with Gasteiger partial charge in [-0.2, -0.15) is 0 Å². The van der Waals surface area contributed by atoms with Gasteiger partial charge in [0, 0.05) is 19.3 Å². The number of rotatable bonds is 5. The number of nitrogens with two attached hydrogens (primary N) is 1. The van der Waals surface area contributed by atoms with E-state index < -0.39 is 5.91 Å². The van der Waals surface area contributed by atoms with Gasteiger partial charge in [-0.15, -0.1) is 0 Å². The van der Waals surface area contributed by atoms with Crippen molar-refractivity contribution in [3.05, 3.63) is 23.4 Å². The second-order valence-electron chi connectivity index (χ2n) is 5.40. The van der Waals surface area contributed by atoms with Crippen LogP contribution in [0.4, 0.5) is 5.82 Å². The highest BCUT2D eigenvalue weighted by atomic mass is 16.1. The number of amides is 1. The lowest BCUT2D eigenvalue weighted by atomic mass is 10.1. The van der Waals surface area contributed by atoms with Crippen LogP contribution in [0.2, 0.25) is 0 Å². The molecule has 1 aliphatic rings. The number of hydrogen-bond acceptors (Lipinski definition) is 4. The van der Waals surface area contributed by atoms with Gasteiger partial charge >= 0.3 is 0 Å². The molecule has 1 saturated heterocycles. The van der Waals surface area contributed by atoms with Crippen molar-refractivity contribution >= 4 is 11.7 Å². The molecule has 1 amide bonds. The molecule has 2 rings (SSSR count). The van der Waals surface area contributed by atoms with E-state index in [1.165, 1.54) is 38.8 Å². The van der Waals surface area contributed by atoms with Crippen LogP contribution < -0.4 is 11.1 Å². The van der Waals surface area contributed by atoms with Crippen LogP contribution >= 0.6 is 0 Å². The first-order valence-corrected chi connectivity index (χ1v) is 7.40. The average molecular weight is 276 g/mol. The van der Waals surface area contributed by atoms with E-state index in [4.69, 9.17) is 5.73 Å². The summed E-state index contributed by atoms with van der Waals surface area (Å²) in [5, 5.41) is 3.25. The molecule has 0 aliphatic carbocycles. The maximum Gasteiger partial charge on any atom is 0.252 e. The van der Waals surface area contributed by atoms with Crippen molar-refractivity contribution in [2.24, 2.45) is 5.73 Å². The zero-order valence-electron chi connectivity index (χ0n) is 12.2. The zero-order chi connectivity index (χ0) is 14.4. The number of aryl methyl sites for hydroxylation is 1. The fourth-order valence-corrected chi connectivity index (χ4v) is 2.70. The van der Waals surface area contributed by atoms with E-state index in [-0.39, 0.29) is 0 Å². The van der Waals surface area contributed by atoms with Crippen molar-refractivity contribution in [2.75, 3.05) is 31.5 Å². The van der Waals surface area contributed by atoms with Gasteiger partial charge in [-0.25, -0.2) is 4.98 Å². The number of nitrogens with one attached hydrogen (secondary N) is 1. The highest BCUT2D eigenvalue weighted by Gasteiger charge is 2.13. The summed E-state index contributed by atoms with van der Waals surface area (Å²) in [5.41, 5.74) is 6.79. The van der Waals surface area contributed by atoms with Crippen LogP contribution in [0.25, 0.3) is 0 Å². The lowest BCUT2D eigenvalue weighted by Crippen LogP contribution is -2.30. The number of primary amides is 1. The van der Waals surface area contributed by atoms with E-state index in [1.807, 2.05) is 6.92 Å². The minimum absolute atomic E-state index is 0.423. The molecule has 1 fully saturated rings. The van der Waals surface area contributed by atoms with E-state index in [0.29, 0.717) is 11.4 Å². The molecule has 0 atom stereocenters. The maximum absolute atomic E-state index is 11.5. The molecule has 2 heterocycles. The summed E-state index contributed by atoms with van der Waals surface area (Å²) in [6, 6.07) is 1.81. The molecule has 1 aromatic heterocycles. The molecule has 0 saturated carbocycles. The third kappa shape index (κ3) is 3.93. The number of carbonyl (C=O) groups is 1. The van der Waals surface area contributed by atoms with E-state index >= 15 is 0 Å². The largest absolute Gasteiger partial charge is 0.368 e. The van der Waals surface area contributed by atoms with Crippen LogP contribution in [0.3, 0.4) is 0 Å². The van der Waals surface area contributed by atoms with E-state index in [0.717, 1.165) is 18.7 Å². The number of pyridine rings is 1. The number of aromatic nitrogens is 1. The Hall–Kier alpha value is -1.62. The lowest BCUT2D eigenvalue weighted by molar-refractivity contribution is 0.1000. The van der Waals surface area contributed by atoms with E-state index in [9.17, 15) is 4.79 Å². The van der Waals surface area contributed by atoms with Gasteiger partial charge in [0.1, 0.15) is 5.82 Å². The molecule has 0 bridgehead atoms. The van der Waals surface area contributed by atoms with Crippen LogP contribution in [0.15, 0.2) is 12.3 Å². The maximum atomic E-state index is 11.5. The molecule has 1 aliphatic heterocycles. The van der Waals surface area contributed by atoms with Crippen molar-refractivity contribution in [1.82, 2.24) is 9.88 Å². The van der Waals surface area contributed by atoms with Crippen LogP contribution in [0.1, 0.15) is 41.6 Å². The highest BCUT2D eigenvalue weighted by Crippen LogP contribution is 2.15. The molecular formula is C15H24N4O. The fraction of sp³-hybridized carbons (Fsp3) is 0.600. The summed E-state index contributed by atoms with van der Waals surface area (Å²) in [7, 11) is 0. The van der Waals surface area contributed by atoms with Crippen molar-refractivity contribution in [2.45, 2.75) is 32.6 Å². The summed E-state index contributed by atoms with van der Waals surface area (Å²) in [4.78, 5) is 18.2. The molecule has 0 spiro atoms. The first-order chi connectivity index (χ1) is 9.68. The Bertz CT molecular complexity index is 453. The molecule has 5 nitrogen and oxygen atoms in total. The molecule has 5 heteroatoms. The summed E-state index contributed by atoms with van der Waals surface area (Å²) in [5.74, 6) is 0.181. The first kappa shape index (κ1) is 14.8. The van der Waals surface area contributed by atoms with Crippen LogP contribution in [-0.2, 0) is 0 Å². The number of anilines is 1. The second kappa shape index (κ2) is 7.24. The molecule has 0 aromatic carbocycles. The molecule has 20 heavy (non-hydrogen) atoms. The predicted octanol–water partition coefficient (Wildman–Crippen LogP) is 1.78. The third-order valence-corrected chi connectivity index (χ3v) is 3.82. The van der Waals surface area contributed by atoms with E-state index in [2.05, 4.69) is 15.2 Å². The summed E-state index contributed by atoms with van der Waals surface area (Å²) in [6.07, 6.45) is 6.96. The Kier molecular flexibility index (Phi) is 5.35. The van der Waals surface area contributed by atoms with Crippen LogP contribution in [-0.4, -0.2) is 42.0 Å². The topological polar surface area (TPSA) is 71.2 Å². The van der Waals surface area contributed by atoms with Crippen molar-refractivity contribution in [3.8, 4) is 0 Å². The minimum atomic E-state index is -0.423. The van der Waals surface area contributed by atoms with Gasteiger partial charge in [0.25, 0.3) is 5.91 Å². The van der Waals surface area contributed by atoms with Crippen LogP contribution in [0.5, 0.6) is 0 Å². The van der Waals surface area contributed by atoms with Crippen molar-refractivity contribution in [1.29, 1.82) is 0 Å². The normalized spacial score (nSPS) is 16.6. The van der Waals surface area contributed by atoms with Gasteiger partial charge in [-0.05, 0) is 44.5 Å². The molecule has 0 radical (unpaired) electrons. The molecular weight excluding hydrogens is 252 g/mol. The van der Waals surface area contributed by atoms with Gasteiger partial charge in [0.2, 0.25) is 0 Å². The Labute approximate surface area is 120 Å². The average Bonchev–Trinajstić information content (AvgIpc) is 2.67. The predicted molar refractivity (Wildman–Crippen MR) is 80.9 cm³/mol. The summed E-state index contributed by atoms with van der Waals surface area (Å²) >= 11 is 0. The number of likely N-dealkylation sites (tertiary alicyclic amines) is 1. The number of hydrogen-bond donors (Lipinski definition) is 2. The summed E-state index contributed by atoms with van der Waals surface area (Å²) in [6.45, 7) is 5.99. The SMILES string of the molecule is Cc1ccnc(NCCN2CCCCCC2)c1C(N)=O. The van der Waals surface area contributed by atoms with Crippen LogP contribution in [0, 0.1) is 6.92 Å². The second-order valence-corrected chi connectivity index (χ2v) is 5.40. The molecule has 0 unspecified atom stereocenters. The lowest BCUT2D eigenvalue weighted by Gasteiger charge is -2.20. The fourth-order valence-electron chi connectivity index (χ4n) is 2.70. The van der Waals surface area contributed by atoms with Gasteiger partial charge in [-0.3, -0.25) is 4.79 Å². The Morgan fingerprint density at radius 1 is 1.35 bits per heavy atom. The van der Waals surface area contributed by atoms with Gasteiger partial charge in [-0.1, -0.05) is 12.8 Å². The van der Waals surface area contributed by atoms with Crippen molar-refractivity contribution < 1.29 is 4.79 Å². The zero-order valence-corrected chi connectivity index (χ0v) is 12.2. The number of nitrogens with zero attached hydrogens (tertiary/aromatic N) is 2. The quantitative estimate of drug-likeness (QED) is 0.860. The Morgan fingerprint density at radius 2 is 2.05 bits per heavy atom. The smallest absolute Gasteiger partial charge is 0.252 e. The van der Waals surface area contributed by atoms with Crippen molar-refractivity contribution in [3.63, 3.8) is 0 Å². The monoisotopic (exact) mass is 276 g/mol. The minimum Gasteiger partial charge on any atom is -0.368 e. The number of carbonyl (C=O) groups excluding carboxylic acids is 1.